The molecule has 0 N–H and O–H groups in total. The van der Waals surface area contributed by atoms with Crippen molar-refractivity contribution in [2.75, 3.05) is 25.7 Å². The van der Waals surface area contributed by atoms with Crippen molar-refractivity contribution in [1.82, 2.24) is 4.90 Å². The van der Waals surface area contributed by atoms with Crippen molar-refractivity contribution in [2.45, 2.75) is 57.8 Å². The monoisotopic (exact) mass is 402 g/mol. The number of anilines is 1. The molecule has 1 aliphatic heterocycles. The van der Waals surface area contributed by atoms with Gasteiger partial charge in [-0.1, -0.05) is 37.0 Å². The summed E-state index contributed by atoms with van der Waals surface area (Å²) in [5.41, 5.74) is 1.58. The zero-order valence-electron chi connectivity index (χ0n) is 17.4. The summed E-state index contributed by atoms with van der Waals surface area (Å²) in [5.74, 6) is -0.860. The first-order chi connectivity index (χ1) is 14.0. The van der Waals surface area contributed by atoms with E-state index in [-0.39, 0.29) is 36.6 Å². The Balaban J connectivity index is 1.86. The highest BCUT2D eigenvalue weighted by molar-refractivity contribution is 6.23. The SMILES string of the molecule is COC(CN(C(=O)C1CCCCC1)C1CC(=O)N(c2ccc(C)cc2)C1=O)OC. The molecule has 7 heteroatoms. The molecule has 158 valence electrons. The van der Waals surface area contributed by atoms with Crippen LogP contribution in [-0.4, -0.2) is 55.7 Å². The Kier molecular flexibility index (Phi) is 7.03. The van der Waals surface area contributed by atoms with Gasteiger partial charge in [-0.15, -0.1) is 0 Å². The van der Waals surface area contributed by atoms with Gasteiger partial charge in [0.1, 0.15) is 6.04 Å². The fourth-order valence-electron chi connectivity index (χ4n) is 4.19. The fraction of sp³-hybridized carbons (Fsp3) is 0.591. The Bertz CT molecular complexity index is 738. The van der Waals surface area contributed by atoms with Crippen molar-refractivity contribution < 1.29 is 23.9 Å². The van der Waals surface area contributed by atoms with E-state index >= 15 is 0 Å². The van der Waals surface area contributed by atoms with Crippen molar-refractivity contribution >= 4 is 23.4 Å². The second-order valence-corrected chi connectivity index (χ2v) is 7.85. The number of aryl methyl sites for hydroxylation is 1. The summed E-state index contributed by atoms with van der Waals surface area (Å²) < 4.78 is 10.6. The van der Waals surface area contributed by atoms with E-state index in [0.717, 1.165) is 37.7 Å². The van der Waals surface area contributed by atoms with Gasteiger partial charge < -0.3 is 14.4 Å². The second kappa shape index (κ2) is 9.50. The lowest BCUT2D eigenvalue weighted by Gasteiger charge is -2.34. The van der Waals surface area contributed by atoms with E-state index < -0.39 is 12.3 Å². The lowest BCUT2D eigenvalue weighted by molar-refractivity contribution is -0.156. The smallest absolute Gasteiger partial charge is 0.257 e. The van der Waals surface area contributed by atoms with Crippen molar-refractivity contribution in [2.24, 2.45) is 5.92 Å². The molecule has 0 aromatic heterocycles. The van der Waals surface area contributed by atoms with Gasteiger partial charge in [-0.3, -0.25) is 14.4 Å². The lowest BCUT2D eigenvalue weighted by Crippen LogP contribution is -2.51. The van der Waals surface area contributed by atoms with Crippen molar-refractivity contribution in [3.05, 3.63) is 29.8 Å². The quantitative estimate of drug-likeness (QED) is 0.518. The van der Waals surface area contributed by atoms with Crippen LogP contribution in [0, 0.1) is 12.8 Å². The van der Waals surface area contributed by atoms with E-state index in [0.29, 0.717) is 5.69 Å². The molecule has 0 spiro atoms. The Morgan fingerprint density at radius 1 is 1.10 bits per heavy atom. The van der Waals surface area contributed by atoms with Crippen molar-refractivity contribution in [3.63, 3.8) is 0 Å². The molecular formula is C22H30N2O5. The Morgan fingerprint density at radius 2 is 1.72 bits per heavy atom. The average molecular weight is 402 g/mol. The maximum absolute atomic E-state index is 13.3. The summed E-state index contributed by atoms with van der Waals surface area (Å²) in [4.78, 5) is 42.0. The molecule has 1 unspecified atom stereocenters. The third-order valence-corrected chi connectivity index (χ3v) is 5.90. The number of imide groups is 1. The van der Waals surface area contributed by atoms with Crippen molar-refractivity contribution in [1.29, 1.82) is 0 Å². The summed E-state index contributed by atoms with van der Waals surface area (Å²) in [5, 5.41) is 0. The van der Waals surface area contributed by atoms with Crippen LogP contribution in [0.25, 0.3) is 0 Å². The average Bonchev–Trinajstić information content (AvgIpc) is 3.04. The predicted molar refractivity (Wildman–Crippen MR) is 108 cm³/mol. The third kappa shape index (κ3) is 4.67. The van der Waals surface area contributed by atoms with E-state index in [9.17, 15) is 14.4 Å². The number of benzene rings is 1. The first-order valence-electron chi connectivity index (χ1n) is 10.3. The van der Waals surface area contributed by atoms with E-state index in [1.54, 1.807) is 12.1 Å². The molecule has 1 saturated carbocycles. The fourth-order valence-corrected chi connectivity index (χ4v) is 4.19. The number of amides is 3. The number of nitrogens with zero attached hydrogens (tertiary/aromatic N) is 2. The molecular weight excluding hydrogens is 372 g/mol. The number of hydrogen-bond acceptors (Lipinski definition) is 5. The summed E-state index contributed by atoms with van der Waals surface area (Å²) in [6, 6.07) is 6.41. The molecule has 1 aliphatic carbocycles. The molecule has 1 aromatic carbocycles. The van der Waals surface area contributed by atoms with E-state index in [1.165, 1.54) is 24.0 Å². The van der Waals surface area contributed by atoms with Crippen LogP contribution in [0.15, 0.2) is 24.3 Å². The first kappa shape index (κ1) is 21.5. The van der Waals surface area contributed by atoms with E-state index in [4.69, 9.17) is 9.47 Å². The molecule has 2 fully saturated rings. The molecule has 2 aliphatic rings. The van der Waals surface area contributed by atoms with Crippen LogP contribution in [0.1, 0.15) is 44.1 Å². The van der Waals surface area contributed by atoms with E-state index in [2.05, 4.69) is 0 Å². The van der Waals surface area contributed by atoms with Gasteiger partial charge in [0.15, 0.2) is 6.29 Å². The highest BCUT2D eigenvalue weighted by atomic mass is 16.7. The van der Waals surface area contributed by atoms with Gasteiger partial charge in [-0.25, -0.2) is 4.90 Å². The molecule has 1 saturated heterocycles. The Labute approximate surface area is 171 Å². The third-order valence-electron chi connectivity index (χ3n) is 5.90. The minimum absolute atomic E-state index is 0.0225. The highest BCUT2D eigenvalue weighted by Gasteiger charge is 2.46. The minimum Gasteiger partial charge on any atom is -0.354 e. The number of hydrogen-bond donors (Lipinski definition) is 0. The number of rotatable bonds is 7. The van der Waals surface area contributed by atoms with Crippen LogP contribution in [0.3, 0.4) is 0 Å². The largest absolute Gasteiger partial charge is 0.354 e. The number of carbonyl (C=O) groups is 3. The summed E-state index contributed by atoms with van der Waals surface area (Å²) >= 11 is 0. The summed E-state index contributed by atoms with van der Waals surface area (Å²) in [6.45, 7) is 2.06. The maximum atomic E-state index is 13.3. The van der Waals surface area contributed by atoms with Gasteiger partial charge in [0, 0.05) is 20.1 Å². The first-order valence-corrected chi connectivity index (χ1v) is 10.3. The van der Waals surface area contributed by atoms with Gasteiger partial charge in [0.25, 0.3) is 5.91 Å². The van der Waals surface area contributed by atoms with Crippen LogP contribution in [-0.2, 0) is 23.9 Å². The normalized spacial score (nSPS) is 20.6. The molecule has 0 bridgehead atoms. The molecule has 0 radical (unpaired) electrons. The molecule has 1 heterocycles. The van der Waals surface area contributed by atoms with Crippen LogP contribution >= 0.6 is 0 Å². The van der Waals surface area contributed by atoms with Crippen LogP contribution in [0.4, 0.5) is 5.69 Å². The van der Waals surface area contributed by atoms with Gasteiger partial charge in [-0.2, -0.15) is 0 Å². The zero-order valence-corrected chi connectivity index (χ0v) is 17.4. The molecule has 29 heavy (non-hydrogen) atoms. The summed E-state index contributed by atoms with van der Waals surface area (Å²) in [7, 11) is 3.00. The molecule has 3 amide bonds. The molecule has 1 aromatic rings. The summed E-state index contributed by atoms with van der Waals surface area (Å²) in [6.07, 6.45) is 4.10. The number of ether oxygens (including phenoxy) is 2. The van der Waals surface area contributed by atoms with Gasteiger partial charge in [-0.05, 0) is 31.9 Å². The second-order valence-electron chi connectivity index (χ2n) is 7.85. The van der Waals surface area contributed by atoms with Gasteiger partial charge >= 0.3 is 0 Å². The molecule has 1 atom stereocenters. The maximum Gasteiger partial charge on any atom is 0.257 e. The van der Waals surface area contributed by atoms with Gasteiger partial charge in [0.05, 0.1) is 18.7 Å². The number of carbonyl (C=O) groups excluding carboxylic acids is 3. The Hall–Kier alpha value is -2.25. The van der Waals surface area contributed by atoms with E-state index in [1.807, 2.05) is 19.1 Å². The van der Waals surface area contributed by atoms with Gasteiger partial charge in [0.2, 0.25) is 11.8 Å². The minimum atomic E-state index is -0.828. The number of methoxy groups -OCH3 is 2. The van der Waals surface area contributed by atoms with Crippen LogP contribution in [0.2, 0.25) is 0 Å². The van der Waals surface area contributed by atoms with Crippen LogP contribution in [0.5, 0.6) is 0 Å². The Morgan fingerprint density at radius 3 is 2.31 bits per heavy atom. The predicted octanol–water partition coefficient (Wildman–Crippen LogP) is 2.65. The van der Waals surface area contributed by atoms with Crippen LogP contribution < -0.4 is 4.90 Å². The lowest BCUT2D eigenvalue weighted by atomic mass is 9.88. The highest BCUT2D eigenvalue weighted by Crippen LogP contribution is 2.30. The van der Waals surface area contributed by atoms with Crippen molar-refractivity contribution in [3.8, 4) is 0 Å². The molecule has 7 nitrogen and oxygen atoms in total. The molecule has 3 rings (SSSR count). The zero-order chi connectivity index (χ0) is 21.0. The standard InChI is InChI=1S/C22H30N2O5/c1-15-9-11-17(12-10-15)24-19(25)13-18(22(24)27)23(14-20(28-2)29-3)21(26)16-7-5-4-6-8-16/h9-12,16,18,20H,4-8,13-14H2,1-3H3. The topological polar surface area (TPSA) is 76.2 Å².